The molecular formula is C12H15NO. The molecule has 0 atom stereocenters. The minimum absolute atomic E-state index is 0.295. The number of rotatable bonds is 5. The fourth-order valence-electron chi connectivity index (χ4n) is 0.669. The zero-order chi connectivity index (χ0) is 11.1. The van der Waals surface area contributed by atoms with Gasteiger partial charge in [-0.15, -0.1) is 0 Å². The molecule has 0 bridgehead atoms. The summed E-state index contributed by atoms with van der Waals surface area (Å²) < 4.78 is 0. The van der Waals surface area contributed by atoms with E-state index in [2.05, 4.69) is 31.6 Å². The van der Waals surface area contributed by atoms with Crippen LogP contribution < -0.4 is 5.32 Å². The Morgan fingerprint density at radius 3 is 2.21 bits per heavy atom. The average molecular weight is 189 g/mol. The second-order valence-corrected chi connectivity index (χ2v) is 2.86. The van der Waals surface area contributed by atoms with Crippen LogP contribution >= 0.6 is 0 Å². The molecule has 0 saturated heterocycles. The number of nitrogens with one attached hydrogen (secondary N) is 1. The van der Waals surface area contributed by atoms with Crippen LogP contribution in [0.25, 0.3) is 0 Å². The third kappa shape index (κ3) is 4.26. The smallest absolute Gasteiger partial charge is 0.255 e. The SMILES string of the molecule is C=CNC(=O)C(=C)C(=C)/C=C\C(=C)C. The first-order chi connectivity index (χ1) is 6.49. The second kappa shape index (κ2) is 5.75. The summed E-state index contributed by atoms with van der Waals surface area (Å²) in [5.74, 6) is -0.295. The lowest BCUT2D eigenvalue weighted by Gasteiger charge is -2.03. The number of amides is 1. The van der Waals surface area contributed by atoms with E-state index >= 15 is 0 Å². The lowest BCUT2D eigenvalue weighted by atomic mass is 10.1. The van der Waals surface area contributed by atoms with Crippen molar-refractivity contribution in [1.82, 2.24) is 5.32 Å². The predicted molar refractivity (Wildman–Crippen MR) is 60.6 cm³/mol. The molecule has 0 heterocycles. The highest BCUT2D eigenvalue weighted by atomic mass is 16.1. The molecule has 2 heteroatoms. The highest BCUT2D eigenvalue weighted by molar-refractivity contribution is 5.98. The maximum Gasteiger partial charge on any atom is 0.255 e. The van der Waals surface area contributed by atoms with Crippen molar-refractivity contribution in [2.24, 2.45) is 0 Å². The van der Waals surface area contributed by atoms with Crippen molar-refractivity contribution < 1.29 is 4.79 Å². The molecule has 0 aromatic heterocycles. The van der Waals surface area contributed by atoms with Crippen molar-refractivity contribution >= 4 is 5.91 Å². The standard InChI is InChI=1S/C12H15NO/c1-6-13-12(14)11(5)10(4)8-7-9(2)3/h6-8H,1-2,4-5H2,3H3,(H,13,14)/b8-7-. The number of hydrogen-bond acceptors (Lipinski definition) is 1. The van der Waals surface area contributed by atoms with E-state index in [-0.39, 0.29) is 5.91 Å². The molecule has 2 nitrogen and oxygen atoms in total. The molecule has 0 aromatic rings. The summed E-state index contributed by atoms with van der Waals surface area (Å²) in [5.41, 5.74) is 1.78. The summed E-state index contributed by atoms with van der Waals surface area (Å²) in [6.45, 7) is 16.3. The fraction of sp³-hybridized carbons (Fsp3) is 0.0833. The van der Waals surface area contributed by atoms with Gasteiger partial charge in [0.1, 0.15) is 0 Å². The normalized spacial score (nSPS) is 9.50. The number of carbonyl (C=O) groups excluding carboxylic acids is 1. The summed E-state index contributed by atoms with van der Waals surface area (Å²) in [6, 6.07) is 0. The largest absolute Gasteiger partial charge is 0.329 e. The summed E-state index contributed by atoms with van der Waals surface area (Å²) in [7, 11) is 0. The molecule has 0 aliphatic heterocycles. The quantitative estimate of drug-likeness (QED) is 0.522. The molecule has 0 aliphatic rings. The minimum atomic E-state index is -0.295. The highest BCUT2D eigenvalue weighted by Crippen LogP contribution is 2.08. The van der Waals surface area contributed by atoms with E-state index in [4.69, 9.17) is 0 Å². The van der Waals surface area contributed by atoms with E-state index < -0.39 is 0 Å². The Kier molecular flexibility index (Phi) is 5.00. The Morgan fingerprint density at radius 1 is 1.21 bits per heavy atom. The van der Waals surface area contributed by atoms with Gasteiger partial charge in [-0.1, -0.05) is 44.0 Å². The molecule has 1 amide bonds. The van der Waals surface area contributed by atoms with Crippen LogP contribution in [0.4, 0.5) is 0 Å². The van der Waals surface area contributed by atoms with Crippen molar-refractivity contribution in [2.75, 3.05) is 0 Å². The van der Waals surface area contributed by atoms with Gasteiger partial charge in [0.25, 0.3) is 5.91 Å². The predicted octanol–water partition coefficient (Wildman–Crippen LogP) is 2.49. The first-order valence-corrected chi connectivity index (χ1v) is 4.12. The fourth-order valence-corrected chi connectivity index (χ4v) is 0.669. The average Bonchev–Trinajstić information content (AvgIpc) is 2.13. The van der Waals surface area contributed by atoms with Crippen molar-refractivity contribution in [2.45, 2.75) is 6.92 Å². The maximum absolute atomic E-state index is 11.2. The third-order valence-corrected chi connectivity index (χ3v) is 1.46. The van der Waals surface area contributed by atoms with Crippen LogP contribution in [0, 0.1) is 0 Å². The minimum Gasteiger partial charge on any atom is -0.329 e. The van der Waals surface area contributed by atoms with Gasteiger partial charge in [0.15, 0.2) is 0 Å². The Hall–Kier alpha value is -1.83. The summed E-state index contributed by atoms with van der Waals surface area (Å²) in [5, 5.41) is 2.42. The zero-order valence-corrected chi connectivity index (χ0v) is 8.47. The monoisotopic (exact) mass is 189 g/mol. The van der Waals surface area contributed by atoms with Gasteiger partial charge in [-0.05, 0) is 18.7 Å². The van der Waals surface area contributed by atoms with Crippen LogP contribution in [0.15, 0.2) is 61.4 Å². The summed E-state index contributed by atoms with van der Waals surface area (Å²) in [4.78, 5) is 11.2. The molecule has 0 rings (SSSR count). The van der Waals surface area contributed by atoms with Gasteiger partial charge in [0.2, 0.25) is 0 Å². The third-order valence-electron chi connectivity index (χ3n) is 1.46. The maximum atomic E-state index is 11.2. The van der Waals surface area contributed by atoms with E-state index in [1.807, 2.05) is 6.92 Å². The molecule has 0 aliphatic carbocycles. The number of carbonyl (C=O) groups is 1. The second-order valence-electron chi connectivity index (χ2n) is 2.86. The van der Waals surface area contributed by atoms with E-state index in [0.717, 1.165) is 5.57 Å². The topological polar surface area (TPSA) is 29.1 Å². The first-order valence-electron chi connectivity index (χ1n) is 4.12. The Labute approximate surface area is 85.0 Å². The number of hydrogen-bond donors (Lipinski definition) is 1. The van der Waals surface area contributed by atoms with Crippen molar-refractivity contribution in [1.29, 1.82) is 0 Å². The van der Waals surface area contributed by atoms with E-state index in [1.165, 1.54) is 6.20 Å². The van der Waals surface area contributed by atoms with Gasteiger partial charge in [0, 0.05) is 5.57 Å². The zero-order valence-electron chi connectivity index (χ0n) is 8.47. The van der Waals surface area contributed by atoms with E-state index in [9.17, 15) is 4.79 Å². The van der Waals surface area contributed by atoms with E-state index in [1.54, 1.807) is 12.2 Å². The summed E-state index contributed by atoms with van der Waals surface area (Å²) in [6.07, 6.45) is 4.78. The van der Waals surface area contributed by atoms with Gasteiger partial charge < -0.3 is 5.32 Å². The van der Waals surface area contributed by atoms with Crippen molar-refractivity contribution in [3.8, 4) is 0 Å². The van der Waals surface area contributed by atoms with Crippen molar-refractivity contribution in [3.05, 3.63) is 61.4 Å². The lowest BCUT2D eigenvalue weighted by Crippen LogP contribution is -2.18. The molecule has 0 aromatic carbocycles. The van der Waals surface area contributed by atoms with Gasteiger partial charge in [-0.2, -0.15) is 0 Å². The molecule has 14 heavy (non-hydrogen) atoms. The molecule has 0 fully saturated rings. The van der Waals surface area contributed by atoms with Crippen LogP contribution in [0.3, 0.4) is 0 Å². The lowest BCUT2D eigenvalue weighted by molar-refractivity contribution is -0.116. The van der Waals surface area contributed by atoms with Crippen LogP contribution in [0.1, 0.15) is 6.92 Å². The Morgan fingerprint density at radius 2 is 1.79 bits per heavy atom. The highest BCUT2D eigenvalue weighted by Gasteiger charge is 2.05. The van der Waals surface area contributed by atoms with Gasteiger partial charge in [0.05, 0.1) is 0 Å². The number of allylic oxidation sites excluding steroid dienone is 3. The molecule has 0 saturated carbocycles. The summed E-state index contributed by atoms with van der Waals surface area (Å²) >= 11 is 0. The van der Waals surface area contributed by atoms with Crippen LogP contribution in [-0.2, 0) is 4.79 Å². The molecular weight excluding hydrogens is 174 g/mol. The van der Waals surface area contributed by atoms with Crippen LogP contribution in [-0.4, -0.2) is 5.91 Å². The van der Waals surface area contributed by atoms with Crippen LogP contribution in [0.5, 0.6) is 0 Å². The Balaban J connectivity index is 4.40. The van der Waals surface area contributed by atoms with E-state index in [0.29, 0.717) is 11.1 Å². The van der Waals surface area contributed by atoms with Gasteiger partial charge in [-0.25, -0.2) is 0 Å². The first kappa shape index (κ1) is 12.2. The van der Waals surface area contributed by atoms with Crippen molar-refractivity contribution in [3.63, 3.8) is 0 Å². The molecule has 0 unspecified atom stereocenters. The van der Waals surface area contributed by atoms with Gasteiger partial charge in [-0.3, -0.25) is 4.79 Å². The van der Waals surface area contributed by atoms with Gasteiger partial charge >= 0.3 is 0 Å². The molecule has 0 spiro atoms. The molecule has 1 N–H and O–H groups in total. The van der Waals surface area contributed by atoms with Crippen LogP contribution in [0.2, 0.25) is 0 Å². The molecule has 74 valence electrons. The Bertz CT molecular complexity index is 321. The molecule has 0 radical (unpaired) electrons.